The summed E-state index contributed by atoms with van der Waals surface area (Å²) in [5, 5.41) is 5.97. The Balaban J connectivity index is 0.826. The first-order valence-electron chi connectivity index (χ1n) is 21.7. The Morgan fingerprint density at radius 2 is 1.68 bits per heavy atom. The summed E-state index contributed by atoms with van der Waals surface area (Å²) in [5.74, 6) is -2.91. The summed E-state index contributed by atoms with van der Waals surface area (Å²) in [6, 6.07) is 17.9. The smallest absolute Gasteiger partial charge is 0.301 e. The van der Waals surface area contributed by atoms with Gasteiger partial charge in [0.15, 0.2) is 5.82 Å². The second kappa shape index (κ2) is 18.1. The minimum Gasteiger partial charge on any atom is -0.374 e. The monoisotopic (exact) mass is 902 g/mol. The number of anilines is 3. The first kappa shape index (κ1) is 43.6. The molecule has 18 heteroatoms. The lowest BCUT2D eigenvalue weighted by Gasteiger charge is -2.34. The fraction of sp³-hybridized carbons (Fsp3) is 0.319. The van der Waals surface area contributed by atoms with Gasteiger partial charge in [0, 0.05) is 92.2 Å². The zero-order chi connectivity index (χ0) is 45.4. The molecule has 0 radical (unpaired) electrons. The number of likely N-dealkylation sites (tertiary alicyclic amines) is 1. The van der Waals surface area contributed by atoms with E-state index in [1.165, 1.54) is 35.5 Å². The van der Waals surface area contributed by atoms with Crippen LogP contribution in [0.5, 0.6) is 0 Å². The van der Waals surface area contributed by atoms with Gasteiger partial charge in [-0.25, -0.2) is 23.7 Å². The molecule has 2 fully saturated rings. The fourth-order valence-corrected chi connectivity index (χ4v) is 9.83. The zero-order valence-corrected chi connectivity index (χ0v) is 36.7. The van der Waals surface area contributed by atoms with E-state index in [1.807, 2.05) is 12.1 Å². The number of carbonyl (C=O) groups is 3. The number of piperidine rings is 2. The number of fused-ring (bicyclic) bond motifs is 2. The maximum absolute atomic E-state index is 15.7. The molecule has 3 aromatic carbocycles. The predicted octanol–water partition coefficient (Wildman–Crippen LogP) is 6.30. The van der Waals surface area contributed by atoms with Crippen LogP contribution in [0.15, 0.2) is 85.5 Å². The second-order valence-corrected chi connectivity index (χ2v) is 18.6. The topological polar surface area (TPSA) is 186 Å². The number of nitrogens with zero attached hydrogens (tertiary/aromatic N) is 6. The Morgan fingerprint density at radius 3 is 2.42 bits per heavy atom. The highest BCUT2D eigenvalue weighted by Gasteiger charge is 2.29. The SMILES string of the molecule is CCN(C)S(=O)(=O)Nc1ccc(F)c(C(=O)c2c[nH]c3ncc(-c4cnc(N5CCc6c(CN7CCC(c8ccc(NC9CCC(=O)NC9=O)cc8)CC7)cccc6C5)nc4)cc23)c1F. The molecule has 0 spiro atoms. The molecule has 6 aromatic rings. The van der Waals surface area contributed by atoms with Crippen LogP contribution < -0.4 is 20.3 Å². The van der Waals surface area contributed by atoms with Crippen LogP contribution >= 0.6 is 0 Å². The molecule has 1 unspecified atom stereocenters. The van der Waals surface area contributed by atoms with Gasteiger partial charge in [-0.05, 0) is 97.3 Å². The van der Waals surface area contributed by atoms with Gasteiger partial charge < -0.3 is 15.2 Å². The molecule has 9 rings (SSSR count). The molecule has 336 valence electrons. The third kappa shape index (κ3) is 9.06. The predicted molar refractivity (Wildman–Crippen MR) is 242 cm³/mol. The highest BCUT2D eigenvalue weighted by atomic mass is 32.2. The number of hydrogen-bond acceptors (Lipinski definition) is 11. The fourth-order valence-electron chi connectivity index (χ4n) is 8.90. The van der Waals surface area contributed by atoms with E-state index in [4.69, 9.17) is 9.97 Å². The van der Waals surface area contributed by atoms with E-state index >= 15 is 8.78 Å². The molecule has 4 N–H and O–H groups in total. The Labute approximate surface area is 374 Å². The largest absolute Gasteiger partial charge is 0.374 e. The Kier molecular flexibility index (Phi) is 12.1. The number of amides is 2. The molecule has 0 saturated carbocycles. The van der Waals surface area contributed by atoms with Gasteiger partial charge in [-0.1, -0.05) is 37.3 Å². The van der Waals surface area contributed by atoms with Crippen molar-refractivity contribution in [3.05, 3.63) is 130 Å². The van der Waals surface area contributed by atoms with Gasteiger partial charge in [0.25, 0.3) is 0 Å². The van der Waals surface area contributed by atoms with Crippen LogP contribution in [0.1, 0.15) is 76.7 Å². The van der Waals surface area contributed by atoms with E-state index in [2.05, 4.69) is 65.5 Å². The van der Waals surface area contributed by atoms with E-state index in [9.17, 15) is 22.8 Å². The third-order valence-corrected chi connectivity index (χ3v) is 14.3. The van der Waals surface area contributed by atoms with Crippen molar-refractivity contribution in [2.45, 2.75) is 64.1 Å². The van der Waals surface area contributed by atoms with Crippen LogP contribution in [0.3, 0.4) is 0 Å². The summed E-state index contributed by atoms with van der Waals surface area (Å²) in [7, 11) is -2.84. The summed E-state index contributed by atoms with van der Waals surface area (Å²) in [5.41, 5.74) is 6.15. The molecule has 6 heterocycles. The number of carbonyl (C=O) groups excluding carboxylic acids is 3. The van der Waals surface area contributed by atoms with Crippen molar-refractivity contribution in [3.8, 4) is 11.1 Å². The number of halogens is 2. The van der Waals surface area contributed by atoms with E-state index in [-0.39, 0.29) is 23.9 Å². The van der Waals surface area contributed by atoms with Crippen molar-refractivity contribution in [1.29, 1.82) is 0 Å². The normalized spacial score (nSPS) is 17.3. The molecule has 3 aliphatic heterocycles. The van der Waals surface area contributed by atoms with Crippen LogP contribution in [0.4, 0.5) is 26.1 Å². The summed E-state index contributed by atoms with van der Waals surface area (Å²) < 4.78 is 58.9. The maximum Gasteiger partial charge on any atom is 0.301 e. The summed E-state index contributed by atoms with van der Waals surface area (Å²) in [4.78, 5) is 58.8. The van der Waals surface area contributed by atoms with Crippen LogP contribution in [-0.4, -0.2) is 94.4 Å². The number of benzene rings is 3. The van der Waals surface area contributed by atoms with Crippen LogP contribution in [0.25, 0.3) is 22.2 Å². The van der Waals surface area contributed by atoms with Gasteiger partial charge in [0.1, 0.15) is 17.5 Å². The molecule has 0 bridgehead atoms. The maximum atomic E-state index is 15.7. The molecular weight excluding hydrogens is 855 g/mol. The summed E-state index contributed by atoms with van der Waals surface area (Å²) >= 11 is 0. The third-order valence-electron chi connectivity index (χ3n) is 12.7. The molecule has 3 aliphatic rings. The number of ketones is 1. The van der Waals surface area contributed by atoms with Gasteiger partial charge in [-0.15, -0.1) is 0 Å². The number of rotatable bonds is 13. The lowest BCUT2D eigenvalue weighted by atomic mass is 9.88. The zero-order valence-electron chi connectivity index (χ0n) is 35.9. The summed E-state index contributed by atoms with van der Waals surface area (Å²) in [6.07, 6.45) is 10.1. The molecule has 15 nitrogen and oxygen atoms in total. The van der Waals surface area contributed by atoms with Gasteiger partial charge in [0.2, 0.25) is 23.5 Å². The van der Waals surface area contributed by atoms with E-state index in [1.54, 1.807) is 31.6 Å². The first-order chi connectivity index (χ1) is 31.3. The van der Waals surface area contributed by atoms with Crippen molar-refractivity contribution in [2.75, 3.05) is 48.2 Å². The van der Waals surface area contributed by atoms with Crippen molar-refractivity contribution < 1.29 is 31.6 Å². The summed E-state index contributed by atoms with van der Waals surface area (Å²) in [6.45, 7) is 5.99. The van der Waals surface area contributed by atoms with Crippen molar-refractivity contribution in [3.63, 3.8) is 0 Å². The number of nitrogens with one attached hydrogen (secondary N) is 4. The second-order valence-electron chi connectivity index (χ2n) is 16.8. The molecule has 3 aromatic heterocycles. The van der Waals surface area contributed by atoms with Crippen molar-refractivity contribution in [2.24, 2.45) is 0 Å². The highest BCUT2D eigenvalue weighted by Crippen LogP contribution is 2.33. The molecule has 2 amide bonds. The molecule has 1 atom stereocenters. The molecular formula is C47H48F2N10O5S. The Hall–Kier alpha value is -6.63. The quantitative estimate of drug-likeness (QED) is 0.0754. The van der Waals surface area contributed by atoms with Crippen LogP contribution in [0.2, 0.25) is 0 Å². The van der Waals surface area contributed by atoms with Gasteiger partial charge in [-0.2, -0.15) is 12.7 Å². The van der Waals surface area contributed by atoms with E-state index in [0.717, 1.165) is 67.6 Å². The number of pyridine rings is 1. The number of imide groups is 1. The van der Waals surface area contributed by atoms with Crippen LogP contribution in [-0.2, 0) is 39.3 Å². The van der Waals surface area contributed by atoms with Gasteiger partial charge in [0.05, 0.1) is 11.3 Å². The lowest BCUT2D eigenvalue weighted by molar-refractivity contribution is -0.133. The van der Waals surface area contributed by atoms with Gasteiger partial charge in [-0.3, -0.25) is 29.3 Å². The Bertz CT molecular complexity index is 2900. The Morgan fingerprint density at radius 1 is 0.923 bits per heavy atom. The minimum absolute atomic E-state index is 0.0450. The molecule has 2 saturated heterocycles. The van der Waals surface area contributed by atoms with E-state index in [0.29, 0.717) is 53.4 Å². The number of H-pyrrole nitrogens is 1. The minimum atomic E-state index is -4.15. The van der Waals surface area contributed by atoms with E-state index < -0.39 is 44.9 Å². The molecule has 0 aliphatic carbocycles. The van der Waals surface area contributed by atoms with Crippen molar-refractivity contribution >= 4 is 56.2 Å². The number of hydrogen-bond donors (Lipinski definition) is 4. The average molecular weight is 903 g/mol. The lowest BCUT2D eigenvalue weighted by Crippen LogP contribution is -2.47. The standard InChI is InChI=1S/C47H48F2N10O5S/c1-3-57(2)65(63,64)56-39-12-11-38(48)42(43(39)49)44(61)37-25-51-45-36(37)21-32(22-50-45)33-23-52-47(53-24-33)59-20-17-35-30(5-4-6-31(35)27-59)26-58-18-15-29(16-19-58)28-7-9-34(10-8-28)54-40-13-14-41(60)55-46(40)62/h4-12,21-25,29,40,54,56H,3,13-20,26-27H2,1-2H3,(H,50,51)(H,55,60,62). The number of aromatic amines is 1. The van der Waals surface area contributed by atoms with Gasteiger partial charge >= 0.3 is 10.2 Å². The average Bonchev–Trinajstić information content (AvgIpc) is 3.75. The highest BCUT2D eigenvalue weighted by molar-refractivity contribution is 7.90. The van der Waals surface area contributed by atoms with Crippen molar-refractivity contribution in [1.82, 2.24) is 34.5 Å². The number of aromatic nitrogens is 4. The van der Waals surface area contributed by atoms with Crippen LogP contribution in [0, 0.1) is 11.6 Å². The first-order valence-corrected chi connectivity index (χ1v) is 23.1. The molecule has 65 heavy (non-hydrogen) atoms.